The monoisotopic (exact) mass is 287 g/mol. The summed E-state index contributed by atoms with van der Waals surface area (Å²) >= 11 is 0. The number of rotatable bonds is 5. The first-order valence-corrected chi connectivity index (χ1v) is 8.49. The maximum atomic E-state index is 3.56. The summed E-state index contributed by atoms with van der Waals surface area (Å²) in [5.74, 6) is 0. The molecule has 1 unspecified atom stereocenters. The normalized spacial score (nSPS) is 28.0. The van der Waals surface area contributed by atoms with Gasteiger partial charge >= 0.3 is 0 Å². The molecule has 0 saturated carbocycles. The van der Waals surface area contributed by atoms with E-state index in [4.69, 9.17) is 0 Å². The van der Waals surface area contributed by atoms with Crippen LogP contribution in [0.1, 0.15) is 25.3 Å². The van der Waals surface area contributed by atoms with Crippen molar-refractivity contribution in [3.8, 4) is 0 Å². The lowest BCUT2D eigenvalue weighted by Crippen LogP contribution is -2.49. The van der Waals surface area contributed by atoms with Crippen LogP contribution in [0.15, 0.2) is 30.3 Å². The van der Waals surface area contributed by atoms with Crippen molar-refractivity contribution in [2.45, 2.75) is 26.3 Å². The maximum Gasteiger partial charge on any atom is 0.0234 e. The van der Waals surface area contributed by atoms with Crippen LogP contribution in [-0.2, 0) is 6.54 Å². The highest BCUT2D eigenvalue weighted by atomic mass is 15.3. The lowest BCUT2D eigenvalue weighted by Gasteiger charge is -2.39. The van der Waals surface area contributed by atoms with E-state index in [-0.39, 0.29) is 0 Å². The third-order valence-corrected chi connectivity index (χ3v) is 5.36. The Morgan fingerprint density at radius 1 is 1.05 bits per heavy atom. The molecule has 0 bridgehead atoms. The molecule has 1 N–H and O–H groups in total. The van der Waals surface area contributed by atoms with E-state index >= 15 is 0 Å². The Hall–Kier alpha value is -0.900. The summed E-state index contributed by atoms with van der Waals surface area (Å²) in [6, 6.07) is 10.9. The maximum absolute atomic E-state index is 3.56. The third kappa shape index (κ3) is 3.85. The fraction of sp³-hybridized carbons (Fsp3) is 0.667. The third-order valence-electron chi connectivity index (χ3n) is 5.36. The first kappa shape index (κ1) is 15.0. The van der Waals surface area contributed by atoms with E-state index in [2.05, 4.69) is 52.4 Å². The molecule has 2 aliphatic rings. The van der Waals surface area contributed by atoms with Gasteiger partial charge in [0.1, 0.15) is 0 Å². The molecule has 2 aliphatic heterocycles. The van der Waals surface area contributed by atoms with Crippen molar-refractivity contribution in [1.82, 2.24) is 15.1 Å². The molecule has 21 heavy (non-hydrogen) atoms. The summed E-state index contributed by atoms with van der Waals surface area (Å²) in [5, 5.41) is 3.56. The van der Waals surface area contributed by atoms with Gasteiger partial charge < -0.3 is 10.2 Å². The minimum atomic E-state index is 0.543. The fourth-order valence-electron chi connectivity index (χ4n) is 3.77. The summed E-state index contributed by atoms with van der Waals surface area (Å²) < 4.78 is 0. The van der Waals surface area contributed by atoms with E-state index in [0.29, 0.717) is 5.41 Å². The van der Waals surface area contributed by atoms with Crippen molar-refractivity contribution >= 4 is 0 Å². The van der Waals surface area contributed by atoms with Crippen LogP contribution in [-0.4, -0.2) is 55.6 Å². The lowest BCUT2D eigenvalue weighted by molar-refractivity contribution is 0.0855. The molecule has 116 valence electrons. The molecule has 1 aromatic rings. The van der Waals surface area contributed by atoms with Gasteiger partial charge in [-0.2, -0.15) is 0 Å². The predicted octanol–water partition coefficient (Wildman–Crippen LogP) is 2.19. The van der Waals surface area contributed by atoms with Crippen LogP contribution in [0.3, 0.4) is 0 Å². The van der Waals surface area contributed by atoms with Crippen molar-refractivity contribution in [3.63, 3.8) is 0 Å². The van der Waals surface area contributed by atoms with E-state index in [9.17, 15) is 0 Å². The van der Waals surface area contributed by atoms with Gasteiger partial charge in [-0.25, -0.2) is 0 Å². The van der Waals surface area contributed by atoms with E-state index in [1.54, 1.807) is 0 Å². The fourth-order valence-corrected chi connectivity index (χ4v) is 3.77. The Bertz CT molecular complexity index is 417. The average molecular weight is 287 g/mol. The van der Waals surface area contributed by atoms with Gasteiger partial charge in [0.25, 0.3) is 0 Å². The van der Waals surface area contributed by atoms with Gasteiger partial charge in [-0.15, -0.1) is 0 Å². The van der Waals surface area contributed by atoms with Crippen LogP contribution in [0.2, 0.25) is 0 Å². The average Bonchev–Trinajstić information content (AvgIpc) is 2.99. The van der Waals surface area contributed by atoms with Crippen LogP contribution in [0.4, 0.5) is 0 Å². The van der Waals surface area contributed by atoms with Gasteiger partial charge in [0.2, 0.25) is 0 Å². The van der Waals surface area contributed by atoms with E-state index in [1.165, 1.54) is 64.2 Å². The molecular formula is C18H29N3. The van der Waals surface area contributed by atoms with Crippen LogP contribution < -0.4 is 5.32 Å². The molecule has 2 saturated heterocycles. The quantitative estimate of drug-likeness (QED) is 0.895. The standard InChI is InChI=1S/C18H29N3/c1-2-18(8-9-19-15-18)16-21-12-10-20(11-13-21)14-17-6-4-3-5-7-17/h3-7,19H,2,8-16H2,1H3. The molecule has 0 aromatic heterocycles. The Morgan fingerprint density at radius 3 is 2.38 bits per heavy atom. The lowest BCUT2D eigenvalue weighted by atomic mass is 9.83. The van der Waals surface area contributed by atoms with Crippen molar-refractivity contribution in [2.75, 3.05) is 45.8 Å². The predicted molar refractivity (Wildman–Crippen MR) is 88.4 cm³/mol. The number of benzene rings is 1. The number of piperazine rings is 1. The van der Waals surface area contributed by atoms with Gasteiger partial charge in [-0.1, -0.05) is 37.3 Å². The number of hydrogen-bond acceptors (Lipinski definition) is 3. The highest BCUT2D eigenvalue weighted by molar-refractivity contribution is 5.14. The second kappa shape index (κ2) is 6.91. The van der Waals surface area contributed by atoms with Crippen molar-refractivity contribution in [2.24, 2.45) is 5.41 Å². The van der Waals surface area contributed by atoms with Gasteiger partial charge in [-0.05, 0) is 30.4 Å². The molecule has 3 nitrogen and oxygen atoms in total. The van der Waals surface area contributed by atoms with Crippen molar-refractivity contribution in [3.05, 3.63) is 35.9 Å². The van der Waals surface area contributed by atoms with Gasteiger partial charge in [0.05, 0.1) is 0 Å². The van der Waals surface area contributed by atoms with Crippen LogP contribution in [0.5, 0.6) is 0 Å². The molecular weight excluding hydrogens is 258 g/mol. The molecule has 0 radical (unpaired) electrons. The Morgan fingerprint density at radius 2 is 1.76 bits per heavy atom. The summed E-state index contributed by atoms with van der Waals surface area (Å²) in [5.41, 5.74) is 1.98. The molecule has 0 spiro atoms. The van der Waals surface area contributed by atoms with Gasteiger partial charge in [-0.3, -0.25) is 4.90 Å². The van der Waals surface area contributed by atoms with Crippen molar-refractivity contribution < 1.29 is 0 Å². The Labute approximate surface area is 129 Å². The number of hydrogen-bond donors (Lipinski definition) is 1. The van der Waals surface area contributed by atoms with Gasteiger partial charge in [0.15, 0.2) is 0 Å². The topological polar surface area (TPSA) is 18.5 Å². The molecule has 1 aromatic carbocycles. The summed E-state index contributed by atoms with van der Waals surface area (Å²) in [6.07, 6.45) is 2.66. The van der Waals surface area contributed by atoms with Gasteiger partial charge in [0, 0.05) is 45.8 Å². The summed E-state index contributed by atoms with van der Waals surface area (Å²) in [4.78, 5) is 5.29. The molecule has 3 rings (SSSR count). The highest BCUT2D eigenvalue weighted by Gasteiger charge is 2.34. The molecule has 2 heterocycles. The molecule has 1 atom stereocenters. The number of nitrogens with one attached hydrogen (secondary N) is 1. The van der Waals surface area contributed by atoms with E-state index in [0.717, 1.165) is 6.54 Å². The van der Waals surface area contributed by atoms with Crippen molar-refractivity contribution in [1.29, 1.82) is 0 Å². The molecule has 2 fully saturated rings. The zero-order valence-electron chi connectivity index (χ0n) is 13.4. The SMILES string of the molecule is CCC1(CN2CCN(Cc3ccccc3)CC2)CCNC1. The minimum Gasteiger partial charge on any atom is -0.316 e. The van der Waals surface area contributed by atoms with E-state index < -0.39 is 0 Å². The zero-order valence-corrected chi connectivity index (χ0v) is 13.4. The summed E-state index contributed by atoms with van der Waals surface area (Å²) in [6.45, 7) is 12.1. The second-order valence-electron chi connectivity index (χ2n) is 6.82. The van der Waals surface area contributed by atoms with E-state index in [1.807, 2.05) is 0 Å². The number of nitrogens with zero attached hydrogens (tertiary/aromatic N) is 2. The van der Waals surface area contributed by atoms with Crippen LogP contribution in [0, 0.1) is 5.41 Å². The summed E-state index contributed by atoms with van der Waals surface area (Å²) in [7, 11) is 0. The molecule has 3 heteroatoms. The first-order valence-electron chi connectivity index (χ1n) is 8.49. The minimum absolute atomic E-state index is 0.543. The zero-order chi connectivity index (χ0) is 14.5. The van der Waals surface area contributed by atoms with Crippen LogP contribution >= 0.6 is 0 Å². The Balaban J connectivity index is 1.47. The van der Waals surface area contributed by atoms with Crippen LogP contribution in [0.25, 0.3) is 0 Å². The first-order chi connectivity index (χ1) is 10.3. The molecule has 0 amide bonds. The Kier molecular flexibility index (Phi) is 4.94. The molecule has 0 aliphatic carbocycles. The largest absolute Gasteiger partial charge is 0.316 e. The smallest absolute Gasteiger partial charge is 0.0234 e. The highest BCUT2D eigenvalue weighted by Crippen LogP contribution is 2.30. The second-order valence-corrected chi connectivity index (χ2v) is 6.82.